The van der Waals surface area contributed by atoms with E-state index in [2.05, 4.69) is 10.3 Å². The maximum Gasteiger partial charge on any atom is 0.270 e. The zero-order valence-electron chi connectivity index (χ0n) is 8.94. The van der Waals surface area contributed by atoms with E-state index in [1.54, 1.807) is 11.4 Å². The molecule has 0 fully saturated rings. The van der Waals surface area contributed by atoms with Crippen molar-refractivity contribution in [2.45, 2.75) is 0 Å². The molecular weight excluding hydrogens is 243 g/mol. The zero-order valence-corrected chi connectivity index (χ0v) is 9.75. The molecule has 17 heavy (non-hydrogen) atoms. The number of halogens is 1. The standard InChI is InChI=1S/C11H9FN2O2S/c1-16-7-5-6-17-10(7)11(15)14-9-4-2-3-8(12)13-9/h2-6H,1H3,(H,13,14,15). The average molecular weight is 252 g/mol. The Balaban J connectivity index is 2.17. The summed E-state index contributed by atoms with van der Waals surface area (Å²) in [5.41, 5.74) is 0. The van der Waals surface area contributed by atoms with E-state index in [9.17, 15) is 9.18 Å². The van der Waals surface area contributed by atoms with Crippen molar-refractivity contribution in [3.63, 3.8) is 0 Å². The molecule has 4 nitrogen and oxygen atoms in total. The third-order valence-electron chi connectivity index (χ3n) is 2.01. The van der Waals surface area contributed by atoms with Gasteiger partial charge in [0.1, 0.15) is 16.4 Å². The Morgan fingerprint density at radius 3 is 3.00 bits per heavy atom. The lowest BCUT2D eigenvalue weighted by atomic mass is 10.4. The van der Waals surface area contributed by atoms with Crippen molar-refractivity contribution in [1.29, 1.82) is 0 Å². The van der Waals surface area contributed by atoms with Gasteiger partial charge in [0.2, 0.25) is 5.95 Å². The first-order valence-electron chi connectivity index (χ1n) is 4.76. The number of carbonyl (C=O) groups excluding carboxylic acids is 1. The first-order chi connectivity index (χ1) is 8.20. The van der Waals surface area contributed by atoms with Gasteiger partial charge in [-0.05, 0) is 23.6 Å². The second kappa shape index (κ2) is 4.92. The van der Waals surface area contributed by atoms with Crippen molar-refractivity contribution in [1.82, 2.24) is 4.98 Å². The maximum atomic E-state index is 12.8. The molecule has 2 rings (SSSR count). The number of aromatic nitrogens is 1. The molecule has 2 aromatic heterocycles. The van der Waals surface area contributed by atoms with Gasteiger partial charge in [-0.1, -0.05) is 6.07 Å². The number of rotatable bonds is 3. The Morgan fingerprint density at radius 2 is 2.29 bits per heavy atom. The predicted molar refractivity (Wildman–Crippen MR) is 63.0 cm³/mol. The van der Waals surface area contributed by atoms with E-state index >= 15 is 0 Å². The van der Waals surface area contributed by atoms with Gasteiger partial charge in [-0.2, -0.15) is 4.39 Å². The highest BCUT2D eigenvalue weighted by molar-refractivity contribution is 7.12. The largest absolute Gasteiger partial charge is 0.495 e. The molecule has 0 radical (unpaired) electrons. The number of thiophene rings is 1. The second-order valence-electron chi connectivity index (χ2n) is 3.12. The lowest BCUT2D eigenvalue weighted by molar-refractivity contribution is 0.102. The molecule has 2 aromatic rings. The highest BCUT2D eigenvalue weighted by Gasteiger charge is 2.14. The molecule has 2 heterocycles. The van der Waals surface area contributed by atoms with Gasteiger partial charge in [0, 0.05) is 0 Å². The summed E-state index contributed by atoms with van der Waals surface area (Å²) in [7, 11) is 1.49. The van der Waals surface area contributed by atoms with Gasteiger partial charge in [-0.15, -0.1) is 11.3 Å². The number of hydrogen-bond donors (Lipinski definition) is 1. The predicted octanol–water partition coefficient (Wildman–Crippen LogP) is 2.54. The Hall–Kier alpha value is -1.95. The molecule has 1 amide bonds. The molecule has 0 aliphatic carbocycles. The summed E-state index contributed by atoms with van der Waals surface area (Å²) in [5.74, 6) is -0.342. The molecule has 0 bridgehead atoms. The van der Waals surface area contributed by atoms with Crippen LogP contribution >= 0.6 is 11.3 Å². The van der Waals surface area contributed by atoms with Crippen molar-refractivity contribution in [3.8, 4) is 5.75 Å². The highest BCUT2D eigenvalue weighted by atomic mass is 32.1. The molecule has 1 N–H and O–H groups in total. The summed E-state index contributed by atoms with van der Waals surface area (Å²) in [6.07, 6.45) is 0. The summed E-state index contributed by atoms with van der Waals surface area (Å²) in [5, 5.41) is 4.24. The number of carbonyl (C=O) groups is 1. The molecule has 0 saturated carbocycles. The van der Waals surface area contributed by atoms with Gasteiger partial charge in [0.25, 0.3) is 5.91 Å². The van der Waals surface area contributed by atoms with Crippen LogP contribution in [0.25, 0.3) is 0 Å². The number of amides is 1. The van der Waals surface area contributed by atoms with E-state index in [-0.39, 0.29) is 11.7 Å². The van der Waals surface area contributed by atoms with Crippen LogP contribution in [0.5, 0.6) is 5.75 Å². The normalized spacial score (nSPS) is 10.0. The maximum absolute atomic E-state index is 12.8. The number of pyridine rings is 1. The first kappa shape index (κ1) is 11.5. The molecular formula is C11H9FN2O2S. The number of ether oxygens (including phenoxy) is 1. The molecule has 0 aromatic carbocycles. The fourth-order valence-corrected chi connectivity index (χ4v) is 2.03. The molecule has 0 atom stereocenters. The summed E-state index contributed by atoms with van der Waals surface area (Å²) in [6.45, 7) is 0. The van der Waals surface area contributed by atoms with E-state index in [0.717, 1.165) is 0 Å². The van der Waals surface area contributed by atoms with Crippen LogP contribution in [0.15, 0.2) is 29.6 Å². The summed E-state index contributed by atoms with van der Waals surface area (Å²) in [4.78, 5) is 15.8. The van der Waals surface area contributed by atoms with Crippen molar-refractivity contribution < 1.29 is 13.9 Å². The van der Waals surface area contributed by atoms with Gasteiger partial charge in [-0.25, -0.2) is 4.98 Å². The van der Waals surface area contributed by atoms with Gasteiger partial charge in [0.15, 0.2) is 0 Å². The van der Waals surface area contributed by atoms with E-state index < -0.39 is 5.95 Å². The van der Waals surface area contributed by atoms with Crippen molar-refractivity contribution in [3.05, 3.63) is 40.5 Å². The first-order valence-corrected chi connectivity index (χ1v) is 5.64. The Morgan fingerprint density at radius 1 is 1.47 bits per heavy atom. The highest BCUT2D eigenvalue weighted by Crippen LogP contribution is 2.25. The van der Waals surface area contributed by atoms with Gasteiger partial charge >= 0.3 is 0 Å². The minimum atomic E-state index is -0.638. The summed E-state index contributed by atoms with van der Waals surface area (Å²) < 4.78 is 17.8. The molecule has 0 unspecified atom stereocenters. The topological polar surface area (TPSA) is 51.2 Å². The van der Waals surface area contributed by atoms with Crippen molar-refractivity contribution >= 4 is 23.1 Å². The average Bonchev–Trinajstić information content (AvgIpc) is 2.77. The summed E-state index contributed by atoms with van der Waals surface area (Å²) >= 11 is 1.25. The van der Waals surface area contributed by atoms with Crippen LogP contribution in [0.2, 0.25) is 0 Å². The van der Waals surface area contributed by atoms with Crippen LogP contribution in [-0.4, -0.2) is 18.0 Å². The fraction of sp³-hybridized carbons (Fsp3) is 0.0909. The Bertz CT molecular complexity index is 542. The molecule has 0 spiro atoms. The SMILES string of the molecule is COc1ccsc1C(=O)Nc1cccc(F)n1. The Kier molecular flexibility index (Phi) is 3.34. The minimum Gasteiger partial charge on any atom is -0.495 e. The lowest BCUT2D eigenvalue weighted by Gasteiger charge is -2.04. The quantitative estimate of drug-likeness (QED) is 0.854. The van der Waals surface area contributed by atoms with Crippen LogP contribution in [0.1, 0.15) is 9.67 Å². The number of methoxy groups -OCH3 is 1. The third kappa shape index (κ3) is 2.59. The van der Waals surface area contributed by atoms with E-state index in [1.165, 1.54) is 36.6 Å². The monoisotopic (exact) mass is 252 g/mol. The van der Waals surface area contributed by atoms with Crippen LogP contribution in [0.3, 0.4) is 0 Å². The van der Waals surface area contributed by atoms with Crippen molar-refractivity contribution in [2.75, 3.05) is 12.4 Å². The summed E-state index contributed by atoms with van der Waals surface area (Å²) in [6, 6.07) is 5.89. The van der Waals surface area contributed by atoms with E-state index in [1.807, 2.05) is 0 Å². The molecule has 0 aliphatic heterocycles. The minimum absolute atomic E-state index is 0.172. The number of nitrogens with zero attached hydrogens (tertiary/aromatic N) is 1. The smallest absolute Gasteiger partial charge is 0.270 e. The van der Waals surface area contributed by atoms with Gasteiger partial charge in [0.05, 0.1) is 7.11 Å². The van der Waals surface area contributed by atoms with Crippen LogP contribution in [0.4, 0.5) is 10.2 Å². The van der Waals surface area contributed by atoms with Crippen LogP contribution in [-0.2, 0) is 0 Å². The van der Waals surface area contributed by atoms with Gasteiger partial charge < -0.3 is 10.1 Å². The van der Waals surface area contributed by atoms with Crippen molar-refractivity contribution in [2.24, 2.45) is 0 Å². The second-order valence-corrected chi connectivity index (χ2v) is 4.03. The Labute approximate surface area is 101 Å². The molecule has 6 heteroatoms. The molecule has 0 saturated heterocycles. The number of nitrogens with one attached hydrogen (secondary N) is 1. The van der Waals surface area contributed by atoms with Crippen LogP contribution < -0.4 is 10.1 Å². The number of anilines is 1. The fourth-order valence-electron chi connectivity index (χ4n) is 1.27. The van der Waals surface area contributed by atoms with Crippen LogP contribution in [0, 0.1) is 5.95 Å². The third-order valence-corrected chi connectivity index (χ3v) is 2.91. The van der Waals surface area contributed by atoms with E-state index in [0.29, 0.717) is 10.6 Å². The lowest BCUT2D eigenvalue weighted by Crippen LogP contribution is -2.12. The number of hydrogen-bond acceptors (Lipinski definition) is 4. The zero-order chi connectivity index (χ0) is 12.3. The molecule has 88 valence electrons. The van der Waals surface area contributed by atoms with E-state index in [4.69, 9.17) is 4.74 Å². The van der Waals surface area contributed by atoms with Gasteiger partial charge in [-0.3, -0.25) is 4.79 Å². The molecule has 0 aliphatic rings.